The molecular weight excluding hydrogens is 311 g/mol. The molecule has 0 aliphatic carbocycles. The first-order valence-corrected chi connectivity index (χ1v) is 7.43. The molecule has 6 nitrogen and oxygen atoms in total. The van der Waals surface area contributed by atoms with Gasteiger partial charge in [0, 0.05) is 5.69 Å². The number of carbonyl (C=O) groups excluding carboxylic acids is 1. The van der Waals surface area contributed by atoms with E-state index in [1.807, 2.05) is 19.1 Å². The van der Waals surface area contributed by atoms with Crippen molar-refractivity contribution in [2.24, 2.45) is 10.2 Å². The molecule has 122 valence electrons. The van der Waals surface area contributed by atoms with Crippen LogP contribution in [0, 0.1) is 12.7 Å². The first kappa shape index (κ1) is 15.8. The number of hydrogen-bond donors (Lipinski definition) is 0. The smallest absolute Gasteiger partial charge is 0.360 e. The quantitative estimate of drug-likeness (QED) is 0.528. The monoisotopic (exact) mass is 326 g/mol. The van der Waals surface area contributed by atoms with Gasteiger partial charge < -0.3 is 4.74 Å². The van der Waals surface area contributed by atoms with Crippen LogP contribution in [0.3, 0.4) is 0 Å². The Morgan fingerprint density at radius 3 is 2.75 bits per heavy atom. The molecule has 24 heavy (non-hydrogen) atoms. The molecule has 0 radical (unpaired) electrons. The second kappa shape index (κ2) is 6.57. The summed E-state index contributed by atoms with van der Waals surface area (Å²) in [5.74, 6) is -0.877. The summed E-state index contributed by atoms with van der Waals surface area (Å²) in [5, 5.41) is 8.00. The van der Waals surface area contributed by atoms with Crippen molar-refractivity contribution in [3.8, 4) is 0 Å². The molecule has 3 aromatic rings. The molecule has 0 spiro atoms. The Balaban J connectivity index is 2.15. The molecule has 2 heterocycles. The highest BCUT2D eigenvalue weighted by Crippen LogP contribution is 2.27. The van der Waals surface area contributed by atoms with Gasteiger partial charge in [0.2, 0.25) is 0 Å². The van der Waals surface area contributed by atoms with Crippen molar-refractivity contribution < 1.29 is 13.9 Å². The maximum absolute atomic E-state index is 13.7. The fourth-order valence-electron chi connectivity index (χ4n) is 2.30. The molecule has 0 fully saturated rings. The Bertz CT molecular complexity index is 933. The van der Waals surface area contributed by atoms with Crippen molar-refractivity contribution in [3.05, 3.63) is 59.7 Å². The molecule has 0 N–H and O–H groups in total. The number of nitrogens with zero attached hydrogens (tertiary/aromatic N) is 4. The first-order chi connectivity index (χ1) is 11.6. The van der Waals surface area contributed by atoms with E-state index < -0.39 is 11.8 Å². The zero-order valence-corrected chi connectivity index (χ0v) is 13.2. The minimum absolute atomic E-state index is 0.0474. The maximum atomic E-state index is 13.7. The Morgan fingerprint density at radius 2 is 2.00 bits per heavy atom. The van der Waals surface area contributed by atoms with E-state index in [-0.39, 0.29) is 23.8 Å². The molecule has 0 unspecified atom stereocenters. The highest BCUT2D eigenvalue weighted by molar-refractivity contribution is 5.93. The number of azo groups is 1. The minimum Gasteiger partial charge on any atom is -0.461 e. The number of ether oxygens (including phenoxy) is 1. The topological polar surface area (TPSA) is 68.3 Å². The zero-order valence-electron chi connectivity index (χ0n) is 13.2. The van der Waals surface area contributed by atoms with Crippen LogP contribution in [0.2, 0.25) is 0 Å². The van der Waals surface area contributed by atoms with Gasteiger partial charge in [-0.1, -0.05) is 18.2 Å². The number of aryl methyl sites for hydroxylation is 1. The van der Waals surface area contributed by atoms with E-state index in [0.29, 0.717) is 5.65 Å². The van der Waals surface area contributed by atoms with E-state index >= 15 is 0 Å². The number of esters is 1. The number of rotatable bonds is 4. The predicted molar refractivity (Wildman–Crippen MR) is 86.5 cm³/mol. The van der Waals surface area contributed by atoms with Crippen LogP contribution in [-0.2, 0) is 4.74 Å². The van der Waals surface area contributed by atoms with Crippen molar-refractivity contribution in [1.29, 1.82) is 0 Å². The van der Waals surface area contributed by atoms with Gasteiger partial charge in [-0.2, -0.15) is 0 Å². The number of halogens is 1. The molecule has 0 aliphatic rings. The van der Waals surface area contributed by atoms with Gasteiger partial charge in [0.05, 0.1) is 6.61 Å². The lowest BCUT2D eigenvalue weighted by molar-refractivity contribution is 0.0521. The van der Waals surface area contributed by atoms with Crippen LogP contribution in [0.4, 0.5) is 15.9 Å². The maximum Gasteiger partial charge on any atom is 0.360 e. The average Bonchev–Trinajstić information content (AvgIpc) is 2.94. The number of aromatic nitrogens is 2. The van der Waals surface area contributed by atoms with Crippen molar-refractivity contribution in [2.75, 3.05) is 6.61 Å². The van der Waals surface area contributed by atoms with E-state index in [1.54, 1.807) is 29.5 Å². The van der Waals surface area contributed by atoms with Crippen molar-refractivity contribution in [3.63, 3.8) is 0 Å². The van der Waals surface area contributed by atoms with Gasteiger partial charge in [-0.3, -0.25) is 4.40 Å². The Hall–Kier alpha value is -3.09. The molecule has 0 saturated heterocycles. The van der Waals surface area contributed by atoms with E-state index in [2.05, 4.69) is 15.2 Å². The molecule has 3 rings (SSSR count). The fourth-order valence-corrected chi connectivity index (χ4v) is 2.30. The van der Waals surface area contributed by atoms with Crippen LogP contribution in [-0.4, -0.2) is 22.0 Å². The zero-order chi connectivity index (χ0) is 17.1. The summed E-state index contributed by atoms with van der Waals surface area (Å²) >= 11 is 0. The molecule has 0 amide bonds. The van der Waals surface area contributed by atoms with Gasteiger partial charge in [0.1, 0.15) is 11.3 Å². The molecule has 1 aromatic carbocycles. The number of carbonyl (C=O) groups is 1. The Morgan fingerprint density at radius 1 is 1.21 bits per heavy atom. The number of pyridine rings is 1. The third-order valence-corrected chi connectivity index (χ3v) is 3.39. The van der Waals surface area contributed by atoms with Crippen LogP contribution < -0.4 is 0 Å². The summed E-state index contributed by atoms with van der Waals surface area (Å²) in [6, 6.07) is 11.4. The summed E-state index contributed by atoms with van der Waals surface area (Å²) in [7, 11) is 0. The summed E-state index contributed by atoms with van der Waals surface area (Å²) in [6.07, 6.45) is 0. The predicted octanol–water partition coefficient (Wildman–Crippen LogP) is 4.37. The molecule has 0 saturated carbocycles. The molecule has 0 aliphatic heterocycles. The van der Waals surface area contributed by atoms with Crippen molar-refractivity contribution in [2.45, 2.75) is 13.8 Å². The van der Waals surface area contributed by atoms with Gasteiger partial charge in [-0.05, 0) is 38.1 Å². The summed E-state index contributed by atoms with van der Waals surface area (Å²) < 4.78 is 20.4. The van der Waals surface area contributed by atoms with Crippen molar-refractivity contribution >= 4 is 23.1 Å². The number of imidazole rings is 1. The molecule has 2 aromatic heterocycles. The van der Waals surface area contributed by atoms with E-state index in [0.717, 1.165) is 5.69 Å². The second-order valence-electron chi connectivity index (χ2n) is 5.02. The summed E-state index contributed by atoms with van der Waals surface area (Å²) in [6.45, 7) is 3.78. The van der Waals surface area contributed by atoms with Gasteiger partial charge >= 0.3 is 5.97 Å². The van der Waals surface area contributed by atoms with Gasteiger partial charge in [0.25, 0.3) is 0 Å². The van der Waals surface area contributed by atoms with Crippen LogP contribution in [0.1, 0.15) is 23.1 Å². The average molecular weight is 326 g/mol. The van der Waals surface area contributed by atoms with Gasteiger partial charge in [-0.15, -0.1) is 10.2 Å². The lowest BCUT2D eigenvalue weighted by atomic mass is 10.3. The third kappa shape index (κ3) is 2.88. The first-order valence-electron chi connectivity index (χ1n) is 7.43. The standard InChI is InChI=1S/C17H15FN4O2/c1-3-24-17(23)15-16(21-20-13-9-5-4-8-12(13)18)22-11(2)7-6-10-14(22)19-15/h4-10H,3H2,1-2H3. The molecule has 0 atom stereocenters. The van der Waals surface area contributed by atoms with E-state index in [4.69, 9.17) is 4.74 Å². The lowest BCUT2D eigenvalue weighted by Gasteiger charge is -2.02. The SMILES string of the molecule is CCOC(=O)c1nc2cccc(C)n2c1N=Nc1ccccc1F. The van der Waals surface area contributed by atoms with Crippen molar-refractivity contribution in [1.82, 2.24) is 9.38 Å². The van der Waals surface area contributed by atoms with Gasteiger partial charge in [-0.25, -0.2) is 14.2 Å². The van der Waals surface area contributed by atoms with Crippen LogP contribution in [0.15, 0.2) is 52.7 Å². The number of benzene rings is 1. The van der Waals surface area contributed by atoms with Gasteiger partial charge in [0.15, 0.2) is 17.3 Å². The Labute approximate surface area is 137 Å². The van der Waals surface area contributed by atoms with E-state index in [1.165, 1.54) is 12.1 Å². The third-order valence-electron chi connectivity index (χ3n) is 3.39. The largest absolute Gasteiger partial charge is 0.461 e. The molecule has 7 heteroatoms. The number of fused-ring (bicyclic) bond motifs is 1. The van der Waals surface area contributed by atoms with Crippen LogP contribution in [0.25, 0.3) is 5.65 Å². The van der Waals surface area contributed by atoms with E-state index in [9.17, 15) is 9.18 Å². The highest BCUT2D eigenvalue weighted by Gasteiger charge is 2.21. The Kier molecular flexibility index (Phi) is 4.33. The van der Waals surface area contributed by atoms with Crippen LogP contribution >= 0.6 is 0 Å². The second-order valence-corrected chi connectivity index (χ2v) is 5.02. The summed E-state index contributed by atoms with van der Waals surface area (Å²) in [5.41, 5.74) is 1.49. The number of hydrogen-bond acceptors (Lipinski definition) is 5. The lowest BCUT2D eigenvalue weighted by Crippen LogP contribution is -2.05. The highest BCUT2D eigenvalue weighted by atomic mass is 19.1. The van der Waals surface area contributed by atoms with Crippen LogP contribution in [0.5, 0.6) is 0 Å². The molecular formula is C17H15FN4O2. The summed E-state index contributed by atoms with van der Waals surface area (Å²) in [4.78, 5) is 16.4. The minimum atomic E-state index is -0.594. The normalized spacial score (nSPS) is 11.3. The fraction of sp³-hybridized carbons (Fsp3) is 0.176. The molecule has 0 bridgehead atoms.